The van der Waals surface area contributed by atoms with Crippen molar-refractivity contribution < 1.29 is 4.74 Å². The van der Waals surface area contributed by atoms with Crippen molar-refractivity contribution in [3.8, 4) is 16.9 Å². The molecule has 1 heterocycles. The normalized spacial score (nSPS) is 11.5. The molecule has 1 aromatic heterocycles. The number of thiophene rings is 1. The van der Waals surface area contributed by atoms with Gasteiger partial charge in [-0.15, -0.1) is 11.3 Å². The summed E-state index contributed by atoms with van der Waals surface area (Å²) in [6.45, 7) is 0. The average molecular weight is 466 g/mol. The number of rotatable bonds is 2. The Kier molecular flexibility index (Phi) is 3.87. The first kappa shape index (κ1) is 16.1. The fraction of sp³-hybridized carbons (Fsp3) is 0.0435. The quantitative estimate of drug-likeness (QED) is 0.245. The summed E-state index contributed by atoms with van der Waals surface area (Å²) >= 11 is 4.23. The molecule has 0 amide bonds. The minimum atomic E-state index is 0.918. The maximum atomic E-state index is 5.46. The molecule has 26 heavy (non-hydrogen) atoms. The van der Waals surface area contributed by atoms with Crippen LogP contribution in [0.3, 0.4) is 0 Å². The van der Waals surface area contributed by atoms with E-state index >= 15 is 0 Å². The summed E-state index contributed by atoms with van der Waals surface area (Å²) in [6, 6.07) is 26.2. The summed E-state index contributed by atoms with van der Waals surface area (Å²) < 4.78 is 9.26. The Hall–Kier alpha value is -2.11. The fourth-order valence-electron chi connectivity index (χ4n) is 3.67. The molecule has 0 aliphatic rings. The molecule has 0 aliphatic carbocycles. The summed E-state index contributed by atoms with van der Waals surface area (Å²) in [7, 11) is 1.72. The lowest BCUT2D eigenvalue weighted by atomic mass is 9.93. The molecule has 0 saturated heterocycles. The van der Waals surface area contributed by atoms with Crippen LogP contribution in [-0.2, 0) is 0 Å². The van der Waals surface area contributed by atoms with Gasteiger partial charge in [0.15, 0.2) is 0 Å². The van der Waals surface area contributed by atoms with Gasteiger partial charge < -0.3 is 4.74 Å². The topological polar surface area (TPSA) is 9.23 Å². The van der Waals surface area contributed by atoms with E-state index in [2.05, 4.69) is 95.4 Å². The van der Waals surface area contributed by atoms with Crippen molar-refractivity contribution in [3.05, 3.63) is 76.4 Å². The van der Waals surface area contributed by atoms with Crippen LogP contribution in [0.5, 0.6) is 5.75 Å². The van der Waals surface area contributed by atoms with E-state index in [-0.39, 0.29) is 0 Å². The van der Waals surface area contributed by atoms with Gasteiger partial charge in [-0.05, 0) is 68.8 Å². The zero-order valence-electron chi connectivity index (χ0n) is 14.1. The number of halogens is 1. The molecule has 0 aliphatic heterocycles. The van der Waals surface area contributed by atoms with Crippen molar-refractivity contribution in [3.63, 3.8) is 0 Å². The maximum Gasteiger partial charge on any atom is 0.132 e. The summed E-state index contributed by atoms with van der Waals surface area (Å²) in [5, 5.41) is 5.27. The van der Waals surface area contributed by atoms with Gasteiger partial charge in [0.2, 0.25) is 0 Å². The van der Waals surface area contributed by atoms with Gasteiger partial charge in [-0.2, -0.15) is 0 Å². The average Bonchev–Trinajstić information content (AvgIpc) is 3.04. The Labute approximate surface area is 169 Å². The lowest BCUT2D eigenvalue weighted by Gasteiger charge is -2.12. The zero-order valence-corrected chi connectivity index (χ0v) is 17.1. The Morgan fingerprint density at radius 3 is 2.38 bits per heavy atom. The van der Waals surface area contributed by atoms with Crippen LogP contribution < -0.4 is 4.74 Å². The highest BCUT2D eigenvalue weighted by atomic mass is 127. The van der Waals surface area contributed by atoms with Crippen LogP contribution in [0.25, 0.3) is 42.1 Å². The van der Waals surface area contributed by atoms with Gasteiger partial charge in [-0.25, -0.2) is 0 Å². The number of fused-ring (bicyclic) bond motifs is 4. The first-order valence-corrected chi connectivity index (χ1v) is 10.3. The standard InChI is InChI=1S/C23H15IOS/c1-25-19-11-10-15(12-18(19)24)22-16-7-3-2-6-14(16)13-21-23(22)17-8-4-5-9-20(17)26-21/h2-13H,1H3. The second-order valence-corrected chi connectivity index (χ2v) is 8.54. The molecule has 5 aromatic rings. The van der Waals surface area contributed by atoms with Crippen molar-refractivity contribution in [1.29, 1.82) is 0 Å². The predicted octanol–water partition coefficient (Wildman–Crippen LogP) is 7.49. The first-order chi connectivity index (χ1) is 12.8. The highest BCUT2D eigenvalue weighted by molar-refractivity contribution is 14.1. The molecule has 126 valence electrons. The second-order valence-electron chi connectivity index (χ2n) is 6.29. The van der Waals surface area contributed by atoms with E-state index in [1.54, 1.807) is 7.11 Å². The molecular weight excluding hydrogens is 451 g/mol. The van der Waals surface area contributed by atoms with E-state index < -0.39 is 0 Å². The third kappa shape index (κ3) is 2.42. The Balaban J connectivity index is 1.98. The molecular formula is C23H15IOS. The molecule has 5 rings (SSSR count). The van der Waals surface area contributed by atoms with Gasteiger partial charge in [0.1, 0.15) is 5.75 Å². The Bertz CT molecular complexity index is 1290. The molecule has 0 bridgehead atoms. The van der Waals surface area contributed by atoms with E-state index in [1.807, 2.05) is 11.3 Å². The van der Waals surface area contributed by atoms with Gasteiger partial charge in [-0.3, -0.25) is 0 Å². The fourth-order valence-corrected chi connectivity index (χ4v) is 5.57. The molecule has 0 atom stereocenters. The molecule has 1 nitrogen and oxygen atoms in total. The summed E-state index contributed by atoms with van der Waals surface area (Å²) in [5.41, 5.74) is 2.55. The van der Waals surface area contributed by atoms with Gasteiger partial charge >= 0.3 is 0 Å². The van der Waals surface area contributed by atoms with Crippen LogP contribution in [0.2, 0.25) is 0 Å². The van der Waals surface area contributed by atoms with Crippen molar-refractivity contribution in [1.82, 2.24) is 0 Å². The Morgan fingerprint density at radius 2 is 1.58 bits per heavy atom. The number of benzene rings is 4. The molecule has 0 radical (unpaired) electrons. The van der Waals surface area contributed by atoms with Crippen LogP contribution >= 0.6 is 33.9 Å². The molecule has 0 N–H and O–H groups in total. The SMILES string of the molecule is COc1ccc(-c2c3ccccc3cc3sc4ccccc4c23)cc1I. The first-order valence-electron chi connectivity index (χ1n) is 8.43. The van der Waals surface area contributed by atoms with Crippen molar-refractivity contribution in [2.24, 2.45) is 0 Å². The van der Waals surface area contributed by atoms with E-state index in [1.165, 1.54) is 42.1 Å². The largest absolute Gasteiger partial charge is 0.496 e. The second kappa shape index (κ2) is 6.25. The predicted molar refractivity (Wildman–Crippen MR) is 122 cm³/mol. The van der Waals surface area contributed by atoms with Crippen LogP contribution in [0.1, 0.15) is 0 Å². The van der Waals surface area contributed by atoms with Crippen molar-refractivity contribution in [2.75, 3.05) is 7.11 Å². The van der Waals surface area contributed by atoms with E-state index in [9.17, 15) is 0 Å². The number of ether oxygens (including phenoxy) is 1. The number of hydrogen-bond acceptors (Lipinski definition) is 2. The molecule has 0 saturated carbocycles. The third-order valence-corrected chi connectivity index (χ3v) is 6.79. The minimum Gasteiger partial charge on any atom is -0.496 e. The number of hydrogen-bond donors (Lipinski definition) is 0. The molecule has 4 aromatic carbocycles. The van der Waals surface area contributed by atoms with Gasteiger partial charge in [0.05, 0.1) is 10.7 Å². The summed E-state index contributed by atoms with van der Waals surface area (Å²) in [4.78, 5) is 0. The molecule has 3 heteroatoms. The van der Waals surface area contributed by atoms with E-state index in [0.29, 0.717) is 0 Å². The lowest BCUT2D eigenvalue weighted by Crippen LogP contribution is -1.89. The molecule has 0 unspecified atom stereocenters. The summed E-state index contributed by atoms with van der Waals surface area (Å²) in [6.07, 6.45) is 0. The van der Waals surface area contributed by atoms with Crippen LogP contribution in [-0.4, -0.2) is 7.11 Å². The number of methoxy groups -OCH3 is 1. The molecule has 0 fully saturated rings. The third-order valence-electron chi connectivity index (χ3n) is 4.83. The van der Waals surface area contributed by atoms with Crippen molar-refractivity contribution >= 4 is 64.9 Å². The summed E-state index contributed by atoms with van der Waals surface area (Å²) in [5.74, 6) is 0.918. The maximum absolute atomic E-state index is 5.46. The monoisotopic (exact) mass is 466 g/mol. The highest BCUT2D eigenvalue weighted by Crippen LogP contribution is 2.44. The molecule has 0 spiro atoms. The van der Waals surface area contributed by atoms with Gasteiger partial charge in [-0.1, -0.05) is 48.5 Å². The van der Waals surface area contributed by atoms with Crippen LogP contribution in [0.4, 0.5) is 0 Å². The van der Waals surface area contributed by atoms with Gasteiger partial charge in [0.25, 0.3) is 0 Å². The van der Waals surface area contributed by atoms with Gasteiger partial charge in [0, 0.05) is 20.2 Å². The lowest BCUT2D eigenvalue weighted by molar-refractivity contribution is 0.412. The van der Waals surface area contributed by atoms with Crippen LogP contribution in [0, 0.1) is 3.57 Å². The zero-order chi connectivity index (χ0) is 17.7. The van der Waals surface area contributed by atoms with Crippen molar-refractivity contribution in [2.45, 2.75) is 0 Å². The highest BCUT2D eigenvalue weighted by Gasteiger charge is 2.15. The van der Waals surface area contributed by atoms with E-state index in [0.717, 1.165) is 9.32 Å². The minimum absolute atomic E-state index is 0.918. The van der Waals surface area contributed by atoms with E-state index in [4.69, 9.17) is 4.74 Å². The Morgan fingerprint density at radius 1 is 0.808 bits per heavy atom. The van der Waals surface area contributed by atoms with Crippen LogP contribution in [0.15, 0.2) is 72.8 Å². The smallest absolute Gasteiger partial charge is 0.132 e.